The van der Waals surface area contributed by atoms with Crippen molar-refractivity contribution in [3.8, 4) is 11.5 Å². The highest BCUT2D eigenvalue weighted by Crippen LogP contribution is 2.19. The Morgan fingerprint density at radius 2 is 1.88 bits per heavy atom. The summed E-state index contributed by atoms with van der Waals surface area (Å²) in [6.07, 6.45) is 0.763. The number of nitrogens with zero attached hydrogens (tertiary/aromatic N) is 3. The first-order valence-corrected chi connectivity index (χ1v) is 8.42. The Hall–Kier alpha value is -2.95. The number of benzene rings is 2. The fourth-order valence-corrected chi connectivity index (χ4v) is 2.70. The van der Waals surface area contributed by atoms with Crippen LogP contribution < -0.4 is 4.90 Å². The van der Waals surface area contributed by atoms with E-state index in [0.717, 1.165) is 16.8 Å². The maximum Gasteiger partial charge on any atom is 0.247 e. The number of aryl methyl sites for hydroxylation is 2. The molecule has 0 spiro atoms. The summed E-state index contributed by atoms with van der Waals surface area (Å²) in [5, 5.41) is 8.11. The summed E-state index contributed by atoms with van der Waals surface area (Å²) in [5.74, 6) is 1.01. The van der Waals surface area contributed by atoms with E-state index in [1.807, 2.05) is 68.4 Å². The van der Waals surface area contributed by atoms with E-state index in [9.17, 15) is 4.79 Å². The van der Waals surface area contributed by atoms with E-state index in [1.165, 1.54) is 0 Å². The number of rotatable bonds is 6. The zero-order valence-electron chi connectivity index (χ0n) is 14.5. The molecule has 3 rings (SSSR count). The summed E-state index contributed by atoms with van der Waals surface area (Å²) in [6, 6.07) is 17.6. The number of amides is 1. The minimum Gasteiger partial charge on any atom is -0.421 e. The van der Waals surface area contributed by atoms with Crippen molar-refractivity contribution < 1.29 is 9.21 Å². The molecule has 0 saturated heterocycles. The van der Waals surface area contributed by atoms with Crippen LogP contribution in [0, 0.1) is 6.92 Å². The Kier molecular flexibility index (Phi) is 5.23. The van der Waals surface area contributed by atoms with Crippen LogP contribution in [-0.2, 0) is 11.2 Å². The molecule has 0 bridgehead atoms. The number of hydrogen-bond acceptors (Lipinski definition) is 4. The molecular formula is C20H21N3O2. The summed E-state index contributed by atoms with van der Waals surface area (Å²) in [4.78, 5) is 14.4. The molecule has 0 fully saturated rings. The highest BCUT2D eigenvalue weighted by atomic mass is 16.4. The van der Waals surface area contributed by atoms with Gasteiger partial charge in [0, 0.05) is 30.6 Å². The first-order chi connectivity index (χ1) is 12.2. The van der Waals surface area contributed by atoms with Crippen molar-refractivity contribution in [2.24, 2.45) is 0 Å². The first kappa shape index (κ1) is 16.9. The maximum absolute atomic E-state index is 12.6. The average Bonchev–Trinajstić information content (AvgIpc) is 3.10. The molecule has 0 aliphatic heterocycles. The number of hydrogen-bond donors (Lipinski definition) is 0. The van der Waals surface area contributed by atoms with Gasteiger partial charge in [-0.1, -0.05) is 30.3 Å². The van der Waals surface area contributed by atoms with Crippen LogP contribution in [0.5, 0.6) is 0 Å². The van der Waals surface area contributed by atoms with Gasteiger partial charge in [0.25, 0.3) is 0 Å². The van der Waals surface area contributed by atoms with Crippen LogP contribution >= 0.6 is 0 Å². The smallest absolute Gasteiger partial charge is 0.247 e. The van der Waals surface area contributed by atoms with Crippen LogP contribution in [0.15, 0.2) is 59.0 Å². The van der Waals surface area contributed by atoms with E-state index in [-0.39, 0.29) is 5.91 Å². The fourth-order valence-electron chi connectivity index (χ4n) is 2.70. The third kappa shape index (κ3) is 4.12. The predicted octanol–water partition coefficient (Wildman–Crippen LogP) is 4.03. The highest BCUT2D eigenvalue weighted by Gasteiger charge is 2.16. The number of aromatic nitrogens is 2. The molecule has 0 atom stereocenters. The van der Waals surface area contributed by atoms with Gasteiger partial charge in [0.15, 0.2) is 0 Å². The monoisotopic (exact) mass is 335 g/mol. The van der Waals surface area contributed by atoms with E-state index in [2.05, 4.69) is 10.2 Å². The van der Waals surface area contributed by atoms with Gasteiger partial charge in [0.1, 0.15) is 0 Å². The van der Waals surface area contributed by atoms with Crippen molar-refractivity contribution in [2.45, 2.75) is 26.7 Å². The molecule has 1 heterocycles. The topological polar surface area (TPSA) is 59.2 Å². The molecule has 0 unspecified atom stereocenters. The molecule has 128 valence electrons. The van der Waals surface area contributed by atoms with E-state index < -0.39 is 0 Å². The Bertz CT molecular complexity index is 843. The second kappa shape index (κ2) is 7.75. The largest absolute Gasteiger partial charge is 0.421 e. The van der Waals surface area contributed by atoms with Crippen LogP contribution in [0.1, 0.15) is 24.8 Å². The normalized spacial score (nSPS) is 10.6. The van der Waals surface area contributed by atoms with E-state index in [4.69, 9.17) is 4.42 Å². The lowest BCUT2D eigenvalue weighted by Gasteiger charge is -2.21. The quantitative estimate of drug-likeness (QED) is 0.682. The molecular weight excluding hydrogens is 314 g/mol. The summed E-state index contributed by atoms with van der Waals surface area (Å²) < 4.78 is 5.67. The van der Waals surface area contributed by atoms with Crippen molar-refractivity contribution in [2.75, 3.05) is 11.4 Å². The third-order valence-corrected chi connectivity index (χ3v) is 3.97. The molecule has 3 aromatic rings. The summed E-state index contributed by atoms with van der Waals surface area (Å²) in [5.41, 5.74) is 2.93. The van der Waals surface area contributed by atoms with E-state index in [1.54, 1.807) is 4.90 Å². The maximum atomic E-state index is 12.6. The Morgan fingerprint density at radius 1 is 1.08 bits per heavy atom. The summed E-state index contributed by atoms with van der Waals surface area (Å²) >= 11 is 0. The van der Waals surface area contributed by atoms with Gasteiger partial charge in [-0.15, -0.1) is 10.2 Å². The zero-order valence-corrected chi connectivity index (χ0v) is 14.5. The standard InChI is InChI=1S/C20H21N3O2/c1-3-23(17-11-7-8-15(2)14-17)19(24)13-12-18-21-22-20(25-18)16-9-5-4-6-10-16/h4-11,14H,3,12-13H2,1-2H3. The van der Waals surface area contributed by atoms with Gasteiger partial charge in [-0.3, -0.25) is 4.79 Å². The van der Waals surface area contributed by atoms with Crippen LogP contribution in [0.3, 0.4) is 0 Å². The minimum absolute atomic E-state index is 0.0487. The minimum atomic E-state index is 0.0487. The van der Waals surface area contributed by atoms with Crippen molar-refractivity contribution in [1.82, 2.24) is 10.2 Å². The van der Waals surface area contributed by atoms with Crippen LogP contribution in [0.4, 0.5) is 5.69 Å². The van der Waals surface area contributed by atoms with Crippen molar-refractivity contribution >= 4 is 11.6 Å². The molecule has 0 aliphatic rings. The molecule has 2 aromatic carbocycles. The van der Waals surface area contributed by atoms with Gasteiger partial charge in [0.05, 0.1) is 0 Å². The van der Waals surface area contributed by atoms with Crippen molar-refractivity contribution in [3.63, 3.8) is 0 Å². The van der Waals surface area contributed by atoms with Gasteiger partial charge in [0.2, 0.25) is 17.7 Å². The Balaban J connectivity index is 1.65. The number of carbonyl (C=O) groups is 1. The Labute approximate surface area is 147 Å². The van der Waals surface area contributed by atoms with Gasteiger partial charge < -0.3 is 9.32 Å². The lowest BCUT2D eigenvalue weighted by Crippen LogP contribution is -2.30. The van der Waals surface area contributed by atoms with Crippen molar-refractivity contribution in [1.29, 1.82) is 0 Å². The van der Waals surface area contributed by atoms with Crippen molar-refractivity contribution in [3.05, 3.63) is 66.1 Å². The molecule has 25 heavy (non-hydrogen) atoms. The van der Waals surface area contributed by atoms with E-state index >= 15 is 0 Å². The van der Waals surface area contributed by atoms with Crippen LogP contribution in [0.2, 0.25) is 0 Å². The number of carbonyl (C=O) groups excluding carboxylic acids is 1. The van der Waals surface area contributed by atoms with E-state index in [0.29, 0.717) is 31.2 Å². The predicted molar refractivity (Wildman–Crippen MR) is 97.3 cm³/mol. The second-order valence-corrected chi connectivity index (χ2v) is 5.84. The molecule has 1 amide bonds. The molecule has 1 aromatic heterocycles. The summed E-state index contributed by atoms with van der Waals surface area (Å²) in [7, 11) is 0. The van der Waals surface area contributed by atoms with Gasteiger partial charge >= 0.3 is 0 Å². The molecule has 0 aliphatic carbocycles. The lowest BCUT2D eigenvalue weighted by atomic mass is 10.2. The molecule has 0 N–H and O–H groups in total. The van der Waals surface area contributed by atoms with Gasteiger partial charge in [-0.25, -0.2) is 0 Å². The van der Waals surface area contributed by atoms with Crippen LogP contribution in [-0.4, -0.2) is 22.6 Å². The van der Waals surface area contributed by atoms with Gasteiger partial charge in [-0.2, -0.15) is 0 Å². The fraction of sp³-hybridized carbons (Fsp3) is 0.250. The highest BCUT2D eigenvalue weighted by molar-refractivity contribution is 5.93. The summed E-state index contributed by atoms with van der Waals surface area (Å²) in [6.45, 7) is 4.62. The SMILES string of the molecule is CCN(C(=O)CCc1nnc(-c2ccccc2)o1)c1cccc(C)c1. The van der Waals surface area contributed by atoms with Crippen LogP contribution in [0.25, 0.3) is 11.5 Å². The first-order valence-electron chi connectivity index (χ1n) is 8.42. The van der Waals surface area contributed by atoms with Gasteiger partial charge in [-0.05, 0) is 43.7 Å². The molecule has 5 heteroatoms. The molecule has 5 nitrogen and oxygen atoms in total. The second-order valence-electron chi connectivity index (χ2n) is 5.84. The average molecular weight is 335 g/mol. The molecule has 0 saturated carbocycles. The molecule has 0 radical (unpaired) electrons. The number of anilines is 1. The lowest BCUT2D eigenvalue weighted by molar-refractivity contribution is -0.118. The third-order valence-electron chi connectivity index (χ3n) is 3.97. The zero-order chi connectivity index (χ0) is 17.6. The Morgan fingerprint density at radius 3 is 2.60 bits per heavy atom.